The molecule has 27 heavy (non-hydrogen) atoms. The Kier molecular flexibility index (Phi) is 5.20. The first-order valence-corrected chi connectivity index (χ1v) is 9.75. The van der Waals surface area contributed by atoms with Crippen LogP contribution in [0.25, 0.3) is 0 Å². The highest BCUT2D eigenvalue weighted by Gasteiger charge is 2.19. The minimum absolute atomic E-state index is 0.0201. The van der Waals surface area contributed by atoms with E-state index in [0.29, 0.717) is 27.5 Å². The molecule has 0 radical (unpaired) electrons. The molecule has 1 heterocycles. The van der Waals surface area contributed by atoms with Crippen molar-refractivity contribution in [3.8, 4) is 0 Å². The Balaban J connectivity index is 1.76. The minimum Gasteiger partial charge on any atom is -0.337 e. The van der Waals surface area contributed by atoms with Crippen molar-refractivity contribution in [3.05, 3.63) is 70.4 Å². The van der Waals surface area contributed by atoms with Crippen molar-refractivity contribution >= 4 is 39.1 Å². The number of hydrogen-bond donors (Lipinski definition) is 2. The molecule has 3 rings (SSSR count). The first-order valence-electron chi connectivity index (χ1n) is 7.89. The summed E-state index contributed by atoms with van der Waals surface area (Å²) in [6.45, 7) is 3.42. The number of nitrogens with zero attached hydrogens (tertiary/aromatic N) is 1. The van der Waals surface area contributed by atoms with Crippen molar-refractivity contribution < 1.29 is 17.7 Å². The van der Waals surface area contributed by atoms with E-state index in [-0.39, 0.29) is 16.7 Å². The molecule has 0 aliphatic heterocycles. The van der Waals surface area contributed by atoms with Crippen LogP contribution in [0.1, 0.15) is 21.6 Å². The van der Waals surface area contributed by atoms with Crippen LogP contribution < -0.4 is 10.0 Å². The summed E-state index contributed by atoms with van der Waals surface area (Å²) in [6, 6.07) is 12.4. The number of nitrogens with one attached hydrogen (secondary N) is 2. The fourth-order valence-corrected chi connectivity index (χ4v) is 3.52. The van der Waals surface area contributed by atoms with Crippen LogP contribution in [0.3, 0.4) is 0 Å². The summed E-state index contributed by atoms with van der Waals surface area (Å²) in [7, 11) is -3.84. The molecule has 0 bridgehead atoms. The van der Waals surface area contributed by atoms with Gasteiger partial charge < -0.3 is 9.84 Å². The average molecular weight is 406 g/mol. The minimum atomic E-state index is -3.84. The molecule has 0 unspecified atom stereocenters. The number of hydrogen-bond acceptors (Lipinski definition) is 5. The predicted molar refractivity (Wildman–Crippen MR) is 103 cm³/mol. The average Bonchev–Trinajstić information content (AvgIpc) is 2.94. The Labute approximate surface area is 161 Å². The highest BCUT2D eigenvalue weighted by molar-refractivity contribution is 7.92. The van der Waals surface area contributed by atoms with Gasteiger partial charge >= 0.3 is 0 Å². The molecule has 0 saturated heterocycles. The Morgan fingerprint density at radius 1 is 1.07 bits per heavy atom. The van der Waals surface area contributed by atoms with E-state index < -0.39 is 10.0 Å². The van der Waals surface area contributed by atoms with Gasteiger partial charge in [-0.2, -0.15) is 0 Å². The van der Waals surface area contributed by atoms with Crippen LogP contribution >= 0.6 is 11.6 Å². The van der Waals surface area contributed by atoms with Crippen LogP contribution in [-0.2, 0) is 10.0 Å². The fourth-order valence-electron chi connectivity index (χ4n) is 2.25. The topological polar surface area (TPSA) is 101 Å². The zero-order chi connectivity index (χ0) is 19.6. The number of aromatic nitrogens is 1. The van der Waals surface area contributed by atoms with E-state index in [4.69, 9.17) is 16.1 Å². The molecule has 0 aliphatic carbocycles. The summed E-state index contributed by atoms with van der Waals surface area (Å²) >= 11 is 6.00. The molecule has 9 heteroatoms. The van der Waals surface area contributed by atoms with E-state index in [2.05, 4.69) is 15.2 Å². The molecule has 140 valence electrons. The number of carbonyl (C=O) groups is 1. The molecular formula is C18H16ClN3O4S. The quantitative estimate of drug-likeness (QED) is 0.668. The molecule has 0 fully saturated rings. The largest absolute Gasteiger partial charge is 0.337 e. The lowest BCUT2D eigenvalue weighted by Gasteiger charge is -2.09. The first kappa shape index (κ1) is 18.9. The van der Waals surface area contributed by atoms with E-state index in [1.807, 2.05) is 0 Å². The number of halogens is 1. The lowest BCUT2D eigenvalue weighted by Crippen LogP contribution is -2.14. The second-order valence-corrected chi connectivity index (χ2v) is 7.88. The highest BCUT2D eigenvalue weighted by atomic mass is 35.5. The van der Waals surface area contributed by atoms with Gasteiger partial charge in [0.15, 0.2) is 0 Å². The van der Waals surface area contributed by atoms with Crippen LogP contribution in [0.2, 0.25) is 5.02 Å². The van der Waals surface area contributed by atoms with Crippen molar-refractivity contribution in [2.75, 3.05) is 10.0 Å². The van der Waals surface area contributed by atoms with E-state index in [1.165, 1.54) is 24.3 Å². The zero-order valence-electron chi connectivity index (χ0n) is 14.5. The number of amides is 1. The van der Waals surface area contributed by atoms with Gasteiger partial charge in [0.25, 0.3) is 15.9 Å². The van der Waals surface area contributed by atoms with E-state index in [1.54, 1.807) is 38.1 Å². The molecule has 2 aromatic carbocycles. The summed E-state index contributed by atoms with van der Waals surface area (Å²) in [6.07, 6.45) is 0. The van der Waals surface area contributed by atoms with Crippen molar-refractivity contribution in [3.63, 3.8) is 0 Å². The molecule has 0 saturated carbocycles. The number of benzene rings is 2. The van der Waals surface area contributed by atoms with E-state index in [9.17, 15) is 13.2 Å². The molecule has 1 aromatic heterocycles. The number of carbonyl (C=O) groups excluding carboxylic acids is 1. The second-order valence-electron chi connectivity index (χ2n) is 5.79. The second kappa shape index (κ2) is 7.42. The molecular weight excluding hydrogens is 390 g/mol. The van der Waals surface area contributed by atoms with Gasteiger partial charge in [-0.05, 0) is 50.2 Å². The van der Waals surface area contributed by atoms with Crippen LogP contribution in [-0.4, -0.2) is 19.5 Å². The first-order chi connectivity index (χ1) is 12.8. The molecule has 1 amide bonds. The third-order valence-electron chi connectivity index (χ3n) is 3.93. The Morgan fingerprint density at radius 3 is 2.33 bits per heavy atom. The number of aryl methyl sites for hydroxylation is 1. The molecule has 3 aromatic rings. The van der Waals surface area contributed by atoms with Crippen molar-refractivity contribution in [1.29, 1.82) is 0 Å². The monoisotopic (exact) mass is 405 g/mol. The highest BCUT2D eigenvalue weighted by Crippen LogP contribution is 2.23. The van der Waals surface area contributed by atoms with Gasteiger partial charge in [0.05, 0.1) is 21.2 Å². The van der Waals surface area contributed by atoms with Gasteiger partial charge in [-0.3, -0.25) is 4.79 Å². The van der Waals surface area contributed by atoms with Crippen LogP contribution in [0.4, 0.5) is 11.6 Å². The van der Waals surface area contributed by atoms with Gasteiger partial charge in [-0.15, -0.1) is 0 Å². The standard InChI is InChI=1S/C18H16ClN3O4S/c1-11-12(2)21-26-18(11)22-27(24,25)14-9-7-13(8-10-14)20-17(23)15-5-3-4-6-16(15)19/h3-10,22H,1-2H3,(H,20,23). The number of anilines is 2. The van der Waals surface area contributed by atoms with Crippen LogP contribution in [0, 0.1) is 13.8 Å². The van der Waals surface area contributed by atoms with Crippen molar-refractivity contribution in [2.45, 2.75) is 18.7 Å². The van der Waals surface area contributed by atoms with Crippen molar-refractivity contribution in [1.82, 2.24) is 5.16 Å². The Hall–Kier alpha value is -2.84. The lowest BCUT2D eigenvalue weighted by atomic mass is 10.2. The zero-order valence-corrected chi connectivity index (χ0v) is 16.1. The smallest absolute Gasteiger partial charge is 0.264 e. The summed E-state index contributed by atoms with van der Waals surface area (Å²) in [5, 5.41) is 6.72. The molecule has 0 atom stereocenters. The van der Waals surface area contributed by atoms with Crippen LogP contribution in [0.15, 0.2) is 57.9 Å². The molecule has 0 aliphatic rings. The van der Waals surface area contributed by atoms with Crippen LogP contribution in [0.5, 0.6) is 0 Å². The van der Waals surface area contributed by atoms with E-state index in [0.717, 1.165) is 0 Å². The van der Waals surface area contributed by atoms with Gasteiger partial charge in [-0.25, -0.2) is 13.1 Å². The third kappa shape index (κ3) is 4.12. The maximum atomic E-state index is 12.5. The third-order valence-corrected chi connectivity index (χ3v) is 5.60. The van der Waals surface area contributed by atoms with Crippen molar-refractivity contribution in [2.24, 2.45) is 0 Å². The molecule has 7 nitrogen and oxygen atoms in total. The summed E-state index contributed by atoms with van der Waals surface area (Å²) in [5.41, 5.74) is 1.98. The SMILES string of the molecule is Cc1noc(NS(=O)(=O)c2ccc(NC(=O)c3ccccc3Cl)cc2)c1C. The Morgan fingerprint density at radius 2 is 1.74 bits per heavy atom. The fraction of sp³-hybridized carbons (Fsp3) is 0.111. The molecule has 2 N–H and O–H groups in total. The maximum absolute atomic E-state index is 12.5. The molecule has 0 spiro atoms. The maximum Gasteiger partial charge on any atom is 0.264 e. The van der Waals surface area contributed by atoms with E-state index >= 15 is 0 Å². The normalized spacial score (nSPS) is 11.2. The summed E-state index contributed by atoms with van der Waals surface area (Å²) in [4.78, 5) is 12.3. The van der Waals surface area contributed by atoms with Gasteiger partial charge in [0.2, 0.25) is 5.88 Å². The Bertz CT molecular complexity index is 1090. The lowest BCUT2D eigenvalue weighted by molar-refractivity contribution is 0.102. The summed E-state index contributed by atoms with van der Waals surface area (Å²) in [5.74, 6) is -0.314. The summed E-state index contributed by atoms with van der Waals surface area (Å²) < 4.78 is 32.3. The van der Waals surface area contributed by atoms with Gasteiger partial charge in [0.1, 0.15) is 0 Å². The number of sulfonamides is 1. The number of rotatable bonds is 5. The predicted octanol–water partition coefficient (Wildman–Crippen LogP) is 4.00. The van der Waals surface area contributed by atoms with Gasteiger partial charge in [-0.1, -0.05) is 28.9 Å². The van der Waals surface area contributed by atoms with Gasteiger partial charge in [0, 0.05) is 11.3 Å².